The number of aliphatic carboxylic acids is 1. The van der Waals surface area contributed by atoms with Gasteiger partial charge >= 0.3 is 5.97 Å². The fourth-order valence-corrected chi connectivity index (χ4v) is 5.74. The first-order valence-electron chi connectivity index (χ1n) is 14.9. The Morgan fingerprint density at radius 2 is 1.74 bits per heavy atom. The molecule has 7 nitrogen and oxygen atoms in total. The van der Waals surface area contributed by atoms with Crippen LogP contribution in [0.5, 0.6) is 0 Å². The standard InChI is InChI=1S/C34H41F2N3O4/c1-20(2)14-29(39-19-24(22(4)16-30(39)40)10-13-38-11-7-12-38)34(43)37-28(18-31(41)42)26-17-25(15-23(5)33(26)36)32-21(3)8-6-9-27(32)35/h6,8-9,15-17,19-20,28-29H,7,10-14,18H2,1-5H3,(H,37,43)(H,41,42)/t28-,29?/m0/s1. The highest BCUT2D eigenvalue weighted by Crippen LogP contribution is 2.33. The molecule has 0 aliphatic carbocycles. The summed E-state index contributed by atoms with van der Waals surface area (Å²) in [7, 11) is 0. The lowest BCUT2D eigenvalue weighted by Crippen LogP contribution is -2.41. The van der Waals surface area contributed by atoms with Crippen molar-refractivity contribution in [2.75, 3.05) is 19.6 Å². The zero-order valence-electron chi connectivity index (χ0n) is 25.5. The van der Waals surface area contributed by atoms with Gasteiger partial charge in [0.1, 0.15) is 17.7 Å². The van der Waals surface area contributed by atoms with Gasteiger partial charge in [0.2, 0.25) is 5.91 Å². The number of nitrogens with one attached hydrogen (secondary N) is 1. The third kappa shape index (κ3) is 7.57. The van der Waals surface area contributed by atoms with Crippen LogP contribution < -0.4 is 10.9 Å². The molecule has 230 valence electrons. The molecule has 2 aromatic carbocycles. The summed E-state index contributed by atoms with van der Waals surface area (Å²) in [6.45, 7) is 12.0. The molecule has 0 radical (unpaired) electrons. The molecule has 3 aromatic rings. The summed E-state index contributed by atoms with van der Waals surface area (Å²) in [5.41, 5.74) is 2.92. The van der Waals surface area contributed by atoms with Gasteiger partial charge in [-0.05, 0) is 105 Å². The Morgan fingerprint density at radius 3 is 2.35 bits per heavy atom. The van der Waals surface area contributed by atoms with Crippen molar-refractivity contribution in [3.05, 3.63) is 92.4 Å². The fraction of sp³-hybridized carbons (Fsp3) is 0.441. The zero-order valence-corrected chi connectivity index (χ0v) is 25.5. The van der Waals surface area contributed by atoms with Crippen LogP contribution in [0.25, 0.3) is 11.1 Å². The van der Waals surface area contributed by atoms with Crippen LogP contribution in [0.3, 0.4) is 0 Å². The van der Waals surface area contributed by atoms with Crippen LogP contribution in [-0.2, 0) is 16.0 Å². The van der Waals surface area contributed by atoms with Crippen molar-refractivity contribution in [2.45, 2.75) is 72.4 Å². The van der Waals surface area contributed by atoms with Crippen molar-refractivity contribution in [1.82, 2.24) is 14.8 Å². The van der Waals surface area contributed by atoms with E-state index in [0.717, 1.165) is 37.2 Å². The molecular formula is C34H41F2N3O4. The number of pyridine rings is 1. The van der Waals surface area contributed by atoms with Gasteiger partial charge in [-0.3, -0.25) is 14.4 Å². The molecule has 2 heterocycles. The van der Waals surface area contributed by atoms with Crippen LogP contribution >= 0.6 is 0 Å². The minimum atomic E-state index is -1.25. The molecule has 0 bridgehead atoms. The second-order valence-electron chi connectivity index (χ2n) is 12.1. The number of likely N-dealkylation sites (tertiary alicyclic amines) is 1. The second kappa shape index (κ2) is 13.6. The summed E-state index contributed by atoms with van der Waals surface area (Å²) in [4.78, 5) is 41.4. The number of benzene rings is 2. The highest BCUT2D eigenvalue weighted by Gasteiger charge is 2.29. The molecule has 1 aliphatic rings. The Kier molecular flexibility index (Phi) is 10.2. The van der Waals surface area contributed by atoms with Crippen molar-refractivity contribution < 1.29 is 23.5 Å². The maximum atomic E-state index is 15.6. The predicted molar refractivity (Wildman–Crippen MR) is 163 cm³/mol. The van der Waals surface area contributed by atoms with Gasteiger partial charge in [0.25, 0.3) is 5.56 Å². The molecule has 0 spiro atoms. The summed E-state index contributed by atoms with van der Waals surface area (Å²) in [6, 6.07) is 6.89. The van der Waals surface area contributed by atoms with E-state index in [4.69, 9.17) is 0 Å². The lowest BCUT2D eigenvalue weighted by molar-refractivity contribution is -0.138. The van der Waals surface area contributed by atoms with E-state index in [2.05, 4.69) is 10.2 Å². The van der Waals surface area contributed by atoms with Gasteiger partial charge in [0.15, 0.2) is 0 Å². The van der Waals surface area contributed by atoms with Crippen molar-refractivity contribution >= 4 is 11.9 Å². The maximum absolute atomic E-state index is 15.6. The molecule has 43 heavy (non-hydrogen) atoms. The molecule has 4 rings (SSSR count). The Morgan fingerprint density at radius 1 is 1.02 bits per heavy atom. The summed E-state index contributed by atoms with van der Waals surface area (Å²) in [5, 5.41) is 12.5. The van der Waals surface area contributed by atoms with Crippen molar-refractivity contribution in [1.29, 1.82) is 0 Å². The number of aromatic nitrogens is 1. The summed E-state index contributed by atoms with van der Waals surface area (Å²) in [6.07, 6.45) is 3.37. The number of amides is 1. The van der Waals surface area contributed by atoms with E-state index >= 15 is 4.39 Å². The maximum Gasteiger partial charge on any atom is 0.305 e. The van der Waals surface area contributed by atoms with Crippen LogP contribution in [0.15, 0.2) is 47.4 Å². The Balaban J connectivity index is 1.72. The van der Waals surface area contributed by atoms with Crippen LogP contribution in [-0.4, -0.2) is 46.1 Å². The van der Waals surface area contributed by atoms with Crippen LogP contribution in [0.2, 0.25) is 0 Å². The number of nitrogens with zero attached hydrogens (tertiary/aromatic N) is 2. The second-order valence-corrected chi connectivity index (χ2v) is 12.1. The molecule has 1 aliphatic heterocycles. The normalized spacial score (nSPS) is 14.8. The third-order valence-electron chi connectivity index (χ3n) is 8.24. The molecule has 1 amide bonds. The number of halogens is 2. The van der Waals surface area contributed by atoms with E-state index in [1.807, 2.05) is 20.8 Å². The van der Waals surface area contributed by atoms with Gasteiger partial charge in [-0.25, -0.2) is 8.78 Å². The number of carboxylic acid groups (broad SMARTS) is 1. The Hall–Kier alpha value is -3.85. The molecular weight excluding hydrogens is 552 g/mol. The van der Waals surface area contributed by atoms with Crippen molar-refractivity contribution in [3.63, 3.8) is 0 Å². The average molecular weight is 594 g/mol. The van der Waals surface area contributed by atoms with E-state index in [1.165, 1.54) is 42.2 Å². The van der Waals surface area contributed by atoms with Gasteiger partial charge < -0.3 is 19.9 Å². The largest absolute Gasteiger partial charge is 0.481 e. The Labute approximate surface area is 251 Å². The van der Waals surface area contributed by atoms with Crippen LogP contribution in [0.1, 0.15) is 73.0 Å². The number of rotatable bonds is 12. The van der Waals surface area contributed by atoms with E-state index < -0.39 is 42.0 Å². The van der Waals surface area contributed by atoms with Crippen molar-refractivity contribution in [2.24, 2.45) is 5.92 Å². The molecule has 1 aromatic heterocycles. The molecule has 1 unspecified atom stereocenters. The lowest BCUT2D eigenvalue weighted by Gasteiger charge is -2.31. The highest BCUT2D eigenvalue weighted by molar-refractivity contribution is 5.82. The Bertz CT molecular complexity index is 1540. The van der Waals surface area contributed by atoms with E-state index in [9.17, 15) is 23.9 Å². The number of carbonyl (C=O) groups is 2. The smallest absolute Gasteiger partial charge is 0.305 e. The van der Waals surface area contributed by atoms with E-state index in [0.29, 0.717) is 17.5 Å². The highest BCUT2D eigenvalue weighted by atomic mass is 19.1. The minimum Gasteiger partial charge on any atom is -0.481 e. The fourth-order valence-electron chi connectivity index (χ4n) is 5.74. The van der Waals surface area contributed by atoms with Gasteiger partial charge in [0.05, 0.1) is 12.5 Å². The molecule has 0 saturated carbocycles. The number of hydrogen-bond donors (Lipinski definition) is 2. The first-order chi connectivity index (χ1) is 20.3. The first kappa shape index (κ1) is 32.1. The van der Waals surface area contributed by atoms with Gasteiger partial charge in [-0.1, -0.05) is 26.0 Å². The summed E-state index contributed by atoms with van der Waals surface area (Å²) < 4.78 is 31.9. The average Bonchev–Trinajstić information content (AvgIpc) is 2.88. The molecule has 1 saturated heterocycles. The van der Waals surface area contributed by atoms with Crippen LogP contribution in [0.4, 0.5) is 8.78 Å². The lowest BCUT2D eigenvalue weighted by atomic mass is 9.92. The first-order valence-corrected chi connectivity index (χ1v) is 14.9. The number of hydrogen-bond acceptors (Lipinski definition) is 4. The van der Waals surface area contributed by atoms with Crippen LogP contribution in [0, 0.1) is 38.3 Å². The molecule has 2 atom stereocenters. The third-order valence-corrected chi connectivity index (χ3v) is 8.24. The van der Waals surface area contributed by atoms with Gasteiger partial charge in [0, 0.05) is 29.9 Å². The van der Waals surface area contributed by atoms with Gasteiger partial charge in [-0.15, -0.1) is 0 Å². The number of carboxylic acids is 1. The molecule has 9 heteroatoms. The SMILES string of the molecule is Cc1cc(=O)n(C(CC(C)C)C(=O)N[C@@H](CC(=O)O)c2cc(-c3c(C)cccc3F)cc(C)c2F)cc1CCN1CCC1. The quantitative estimate of drug-likeness (QED) is 0.274. The summed E-state index contributed by atoms with van der Waals surface area (Å²) in [5.74, 6) is -2.96. The zero-order chi connectivity index (χ0) is 31.4. The van der Waals surface area contributed by atoms with E-state index in [1.54, 1.807) is 25.3 Å². The van der Waals surface area contributed by atoms with Crippen molar-refractivity contribution in [3.8, 4) is 11.1 Å². The molecule has 2 N–H and O–H groups in total. The topological polar surface area (TPSA) is 91.6 Å². The monoisotopic (exact) mass is 593 g/mol. The molecule has 1 fully saturated rings. The number of carbonyl (C=O) groups excluding carboxylic acids is 1. The summed E-state index contributed by atoms with van der Waals surface area (Å²) >= 11 is 0. The minimum absolute atomic E-state index is 0.0257. The predicted octanol–water partition coefficient (Wildman–Crippen LogP) is 5.89. The van der Waals surface area contributed by atoms with Gasteiger partial charge in [-0.2, -0.15) is 0 Å². The number of aryl methyl sites for hydroxylation is 3. The van der Waals surface area contributed by atoms with E-state index in [-0.39, 0.29) is 28.2 Å².